The maximum absolute atomic E-state index is 13.7. The zero-order chi connectivity index (χ0) is 20.1. The van der Waals surface area contributed by atoms with E-state index in [-0.39, 0.29) is 12.1 Å². The van der Waals surface area contributed by atoms with Crippen molar-refractivity contribution < 1.29 is 18.5 Å². The van der Waals surface area contributed by atoms with E-state index in [4.69, 9.17) is 0 Å². The number of hydrogen-bond donors (Lipinski definition) is 1. The second-order valence-electron chi connectivity index (χ2n) is 5.72. The molecule has 1 aromatic heterocycles. The molecule has 0 radical (unpaired) electrons. The monoisotopic (exact) mass is 401 g/mol. The Kier molecular flexibility index (Phi) is 5.85. The first kappa shape index (κ1) is 19.3. The third-order valence-electron chi connectivity index (χ3n) is 3.69. The average molecular weight is 401 g/mol. The molecule has 0 saturated heterocycles. The number of amides is 1. The molecule has 3 aromatic rings. The minimum absolute atomic E-state index is 0.0329. The molecule has 6 nitrogen and oxygen atoms in total. The van der Waals surface area contributed by atoms with Gasteiger partial charge in [-0.05, 0) is 35.4 Å². The molecule has 9 heteroatoms. The van der Waals surface area contributed by atoms with E-state index < -0.39 is 22.5 Å². The number of aromatic nitrogens is 1. The van der Waals surface area contributed by atoms with E-state index in [1.807, 2.05) is 0 Å². The lowest BCUT2D eigenvalue weighted by Gasteiger charge is -2.00. The van der Waals surface area contributed by atoms with Gasteiger partial charge in [-0.1, -0.05) is 6.07 Å². The van der Waals surface area contributed by atoms with Crippen LogP contribution in [0.15, 0.2) is 54.7 Å². The topological polar surface area (TPSA) is 85.1 Å². The Morgan fingerprint density at radius 3 is 2.64 bits per heavy atom. The molecule has 1 N–H and O–H groups in total. The van der Waals surface area contributed by atoms with Gasteiger partial charge < -0.3 is 0 Å². The van der Waals surface area contributed by atoms with Gasteiger partial charge in [-0.2, -0.15) is 0 Å². The van der Waals surface area contributed by atoms with Crippen LogP contribution < -0.4 is 5.32 Å². The van der Waals surface area contributed by atoms with Crippen molar-refractivity contribution >= 4 is 34.1 Å². The number of thiazole rings is 1. The number of non-ortho nitro benzene ring substituents is 1. The van der Waals surface area contributed by atoms with E-state index >= 15 is 0 Å². The van der Waals surface area contributed by atoms with E-state index in [2.05, 4.69) is 10.3 Å². The summed E-state index contributed by atoms with van der Waals surface area (Å²) in [5.41, 5.74) is 0.933. The van der Waals surface area contributed by atoms with Crippen LogP contribution in [0.3, 0.4) is 0 Å². The Balaban J connectivity index is 1.59. The normalized spacial score (nSPS) is 10.9. The van der Waals surface area contributed by atoms with Crippen LogP contribution in [0.1, 0.15) is 16.0 Å². The number of nitrogens with one attached hydrogen (secondary N) is 1. The molecule has 3 rings (SSSR count). The minimum Gasteiger partial charge on any atom is -0.298 e. The largest absolute Gasteiger partial charge is 0.298 e. The third-order valence-corrected chi connectivity index (χ3v) is 4.61. The molecule has 0 saturated carbocycles. The predicted octanol–water partition coefficient (Wildman–Crippen LogP) is 4.57. The summed E-state index contributed by atoms with van der Waals surface area (Å²) in [4.78, 5) is 26.9. The molecule has 0 unspecified atom stereocenters. The molecule has 28 heavy (non-hydrogen) atoms. The van der Waals surface area contributed by atoms with Gasteiger partial charge in [0.2, 0.25) is 5.91 Å². The molecule has 142 valence electrons. The Hall–Kier alpha value is -3.46. The zero-order valence-corrected chi connectivity index (χ0v) is 15.1. The molecule has 1 amide bonds. The number of carbonyl (C=O) groups excluding carboxylic acids is 1. The maximum Gasteiger partial charge on any atom is 0.269 e. The van der Waals surface area contributed by atoms with Crippen molar-refractivity contribution in [1.82, 2.24) is 4.98 Å². The molecule has 2 aromatic carbocycles. The van der Waals surface area contributed by atoms with Crippen LogP contribution in [0, 0.1) is 21.7 Å². The number of nitro benzene ring substituents is 1. The van der Waals surface area contributed by atoms with Crippen molar-refractivity contribution in [3.05, 3.63) is 92.5 Å². The summed E-state index contributed by atoms with van der Waals surface area (Å²) < 4.78 is 26.7. The summed E-state index contributed by atoms with van der Waals surface area (Å²) in [6, 6.07) is 9.13. The number of nitrogens with zero attached hydrogens (tertiary/aromatic N) is 2. The molecule has 0 fully saturated rings. The number of halogens is 2. The molecular weight excluding hydrogens is 388 g/mol. The first-order valence-corrected chi connectivity index (χ1v) is 8.84. The summed E-state index contributed by atoms with van der Waals surface area (Å²) in [5, 5.41) is 13.5. The maximum atomic E-state index is 13.7. The number of nitro groups is 1. The highest BCUT2D eigenvalue weighted by atomic mass is 32.1. The van der Waals surface area contributed by atoms with Crippen molar-refractivity contribution in [3.63, 3.8) is 0 Å². The highest BCUT2D eigenvalue weighted by Gasteiger charge is 2.09. The number of hydrogen-bond acceptors (Lipinski definition) is 5. The van der Waals surface area contributed by atoms with Crippen LogP contribution >= 0.6 is 11.3 Å². The van der Waals surface area contributed by atoms with Crippen LogP contribution in [0.4, 0.5) is 19.6 Å². The number of anilines is 1. The summed E-state index contributed by atoms with van der Waals surface area (Å²) in [6.45, 7) is 0. The third kappa shape index (κ3) is 5.04. The Bertz CT molecular complexity index is 1050. The van der Waals surface area contributed by atoms with Crippen molar-refractivity contribution in [2.75, 3.05) is 5.32 Å². The first-order chi connectivity index (χ1) is 13.4. The number of carbonyl (C=O) groups is 1. The van der Waals surface area contributed by atoms with Gasteiger partial charge in [0.05, 0.1) is 4.92 Å². The van der Waals surface area contributed by atoms with E-state index in [9.17, 15) is 23.7 Å². The lowest BCUT2D eigenvalue weighted by molar-refractivity contribution is -0.384. The Morgan fingerprint density at radius 1 is 1.21 bits per heavy atom. The lowest BCUT2D eigenvalue weighted by atomic mass is 10.1. The predicted molar refractivity (Wildman–Crippen MR) is 102 cm³/mol. The Morgan fingerprint density at radius 2 is 1.96 bits per heavy atom. The molecule has 0 aliphatic rings. The first-order valence-electron chi connectivity index (χ1n) is 8.03. The number of benzene rings is 2. The SMILES string of the molecule is O=C(/C=C/c1ccc([N+](=O)[O-])cc1)Nc1ncc(Cc2ccc(F)cc2F)s1. The van der Waals surface area contributed by atoms with Crippen LogP contribution in [0.2, 0.25) is 0 Å². The highest BCUT2D eigenvalue weighted by molar-refractivity contribution is 7.15. The van der Waals surface area contributed by atoms with Gasteiger partial charge in [0.25, 0.3) is 5.69 Å². The molecule has 0 aliphatic heterocycles. The molecule has 1 heterocycles. The van der Waals surface area contributed by atoms with Crippen LogP contribution in [-0.4, -0.2) is 15.8 Å². The van der Waals surface area contributed by atoms with Crippen molar-refractivity contribution in [2.45, 2.75) is 6.42 Å². The minimum atomic E-state index is -0.640. The van der Waals surface area contributed by atoms with Gasteiger partial charge >= 0.3 is 0 Å². The fourth-order valence-corrected chi connectivity index (χ4v) is 3.16. The summed E-state index contributed by atoms with van der Waals surface area (Å²) in [5.74, 6) is -1.70. The van der Waals surface area contributed by atoms with Crippen molar-refractivity contribution in [2.24, 2.45) is 0 Å². The van der Waals surface area contributed by atoms with Crippen molar-refractivity contribution in [1.29, 1.82) is 0 Å². The summed E-state index contributed by atoms with van der Waals surface area (Å²) >= 11 is 1.18. The molecule has 0 bridgehead atoms. The van der Waals surface area contributed by atoms with Gasteiger partial charge in [0.1, 0.15) is 11.6 Å². The summed E-state index contributed by atoms with van der Waals surface area (Å²) in [6.07, 6.45) is 4.55. The number of rotatable bonds is 6. The van der Waals surface area contributed by atoms with E-state index in [1.54, 1.807) is 0 Å². The van der Waals surface area contributed by atoms with Crippen LogP contribution in [0.5, 0.6) is 0 Å². The van der Waals surface area contributed by atoms with Gasteiger partial charge in [0.15, 0.2) is 5.13 Å². The average Bonchev–Trinajstić information content (AvgIpc) is 3.09. The zero-order valence-electron chi connectivity index (χ0n) is 14.3. The van der Waals surface area contributed by atoms with Gasteiger partial charge in [-0.25, -0.2) is 13.8 Å². The molecule has 0 atom stereocenters. The smallest absolute Gasteiger partial charge is 0.269 e. The fourth-order valence-electron chi connectivity index (χ4n) is 2.33. The van der Waals surface area contributed by atoms with E-state index in [0.29, 0.717) is 21.1 Å². The van der Waals surface area contributed by atoms with Gasteiger partial charge in [0, 0.05) is 41.8 Å². The quantitative estimate of drug-likeness (QED) is 0.372. The molecule has 0 spiro atoms. The second kappa shape index (κ2) is 8.49. The van der Waals surface area contributed by atoms with Gasteiger partial charge in [-0.15, -0.1) is 11.3 Å². The van der Waals surface area contributed by atoms with E-state index in [0.717, 1.165) is 6.07 Å². The van der Waals surface area contributed by atoms with E-state index in [1.165, 1.54) is 66.1 Å². The van der Waals surface area contributed by atoms with Crippen molar-refractivity contribution in [3.8, 4) is 0 Å². The van der Waals surface area contributed by atoms with Crippen LogP contribution in [0.25, 0.3) is 6.08 Å². The Labute approximate surface area is 162 Å². The standard InChI is InChI=1S/C19H13F2N3O3S/c20-14-5-4-13(17(21)10-14)9-16-11-22-19(28-16)23-18(25)8-3-12-1-6-15(7-2-12)24(26)27/h1-8,10-11H,9H2,(H,22,23,25)/b8-3+. The lowest BCUT2D eigenvalue weighted by Crippen LogP contribution is -2.07. The summed E-state index contributed by atoms with van der Waals surface area (Å²) in [7, 11) is 0. The second-order valence-corrected chi connectivity index (χ2v) is 6.83. The molecule has 0 aliphatic carbocycles. The molecular formula is C19H13F2N3O3S. The van der Waals surface area contributed by atoms with Gasteiger partial charge in [-0.3, -0.25) is 20.2 Å². The highest BCUT2D eigenvalue weighted by Crippen LogP contribution is 2.23. The van der Waals surface area contributed by atoms with Crippen LogP contribution in [-0.2, 0) is 11.2 Å². The fraction of sp³-hybridized carbons (Fsp3) is 0.0526.